The zero-order valence-electron chi connectivity index (χ0n) is 12.2. The first-order valence-electron chi connectivity index (χ1n) is 6.89. The molecule has 3 rings (SSSR count). The van der Waals surface area contributed by atoms with Gasteiger partial charge in [-0.1, -0.05) is 30.3 Å². The lowest BCUT2D eigenvalue weighted by Crippen LogP contribution is -2.19. The minimum Gasteiger partial charge on any atom is -0.288 e. The Bertz CT molecular complexity index is 892. The summed E-state index contributed by atoms with van der Waals surface area (Å²) in [4.78, 5) is 12.6. The van der Waals surface area contributed by atoms with Crippen molar-refractivity contribution in [2.24, 2.45) is 7.05 Å². The zero-order chi connectivity index (χ0) is 16.6. The molecule has 0 amide bonds. The standard InChI is InChI=1S/C17H13F3N2O/c1-21-11-15(12-6-5-7-13(10-12)17(18,19)20)16(23)22(21)14-8-3-2-4-9-14/h2-11H,1H3. The van der Waals surface area contributed by atoms with Crippen molar-refractivity contribution in [3.8, 4) is 16.8 Å². The van der Waals surface area contributed by atoms with E-state index in [0.29, 0.717) is 5.69 Å². The van der Waals surface area contributed by atoms with Crippen LogP contribution in [0, 0.1) is 0 Å². The fraction of sp³-hybridized carbons (Fsp3) is 0.118. The Morgan fingerprint density at radius 3 is 2.30 bits per heavy atom. The van der Waals surface area contributed by atoms with E-state index >= 15 is 0 Å². The van der Waals surface area contributed by atoms with E-state index in [1.807, 2.05) is 6.07 Å². The van der Waals surface area contributed by atoms with Gasteiger partial charge >= 0.3 is 6.18 Å². The van der Waals surface area contributed by atoms with Crippen molar-refractivity contribution >= 4 is 0 Å². The summed E-state index contributed by atoms with van der Waals surface area (Å²) in [5.74, 6) is 0. The van der Waals surface area contributed by atoms with Crippen molar-refractivity contribution in [3.05, 3.63) is 76.7 Å². The molecule has 0 spiro atoms. The molecule has 0 unspecified atom stereocenters. The van der Waals surface area contributed by atoms with E-state index in [2.05, 4.69) is 0 Å². The van der Waals surface area contributed by atoms with E-state index in [0.717, 1.165) is 12.1 Å². The quantitative estimate of drug-likeness (QED) is 0.705. The molecule has 0 aliphatic heterocycles. The number of hydrogen-bond donors (Lipinski definition) is 0. The Morgan fingerprint density at radius 2 is 1.65 bits per heavy atom. The first kappa shape index (κ1) is 15.1. The van der Waals surface area contributed by atoms with Gasteiger partial charge in [-0.3, -0.25) is 9.48 Å². The number of alkyl halides is 3. The third kappa shape index (κ3) is 2.79. The largest absolute Gasteiger partial charge is 0.416 e. The van der Waals surface area contributed by atoms with E-state index in [1.54, 1.807) is 36.0 Å². The number of rotatable bonds is 2. The molecule has 1 heterocycles. The molecular formula is C17H13F3N2O. The van der Waals surface area contributed by atoms with Crippen LogP contribution in [0.5, 0.6) is 0 Å². The molecule has 2 aromatic carbocycles. The Kier molecular flexibility index (Phi) is 3.60. The minimum absolute atomic E-state index is 0.224. The van der Waals surface area contributed by atoms with Crippen molar-refractivity contribution in [2.75, 3.05) is 0 Å². The molecule has 1 aromatic heterocycles. The fourth-order valence-corrected chi connectivity index (χ4v) is 2.49. The third-order valence-electron chi connectivity index (χ3n) is 3.56. The Labute approximate surface area is 130 Å². The smallest absolute Gasteiger partial charge is 0.288 e. The van der Waals surface area contributed by atoms with Crippen LogP contribution in [0.15, 0.2) is 65.6 Å². The molecular weight excluding hydrogens is 305 g/mol. The second-order valence-corrected chi connectivity index (χ2v) is 5.15. The molecule has 0 radical (unpaired) electrons. The molecule has 0 fully saturated rings. The van der Waals surface area contributed by atoms with Crippen LogP contribution < -0.4 is 5.56 Å². The molecule has 6 heteroatoms. The van der Waals surface area contributed by atoms with E-state index < -0.39 is 11.7 Å². The number of aryl methyl sites for hydroxylation is 1. The number of nitrogens with zero attached hydrogens (tertiary/aromatic N) is 2. The van der Waals surface area contributed by atoms with Crippen LogP contribution in [-0.2, 0) is 13.2 Å². The molecule has 0 saturated heterocycles. The van der Waals surface area contributed by atoms with Gasteiger partial charge in [0.1, 0.15) is 0 Å². The molecule has 0 aliphatic rings. The summed E-state index contributed by atoms with van der Waals surface area (Å²) in [6.45, 7) is 0. The van der Waals surface area contributed by atoms with Crippen LogP contribution in [0.4, 0.5) is 13.2 Å². The summed E-state index contributed by atoms with van der Waals surface area (Å²) in [6.07, 6.45) is -2.91. The van der Waals surface area contributed by atoms with Crippen LogP contribution in [0.25, 0.3) is 16.8 Å². The minimum atomic E-state index is -4.44. The van der Waals surface area contributed by atoms with Gasteiger partial charge in [-0.15, -0.1) is 0 Å². The van der Waals surface area contributed by atoms with Crippen molar-refractivity contribution in [3.63, 3.8) is 0 Å². The highest BCUT2D eigenvalue weighted by molar-refractivity contribution is 5.63. The third-order valence-corrected chi connectivity index (χ3v) is 3.56. The van der Waals surface area contributed by atoms with Crippen LogP contribution >= 0.6 is 0 Å². The lowest BCUT2D eigenvalue weighted by Gasteiger charge is -2.07. The summed E-state index contributed by atoms with van der Waals surface area (Å²) < 4.78 is 41.5. The van der Waals surface area contributed by atoms with Gasteiger partial charge in [-0.2, -0.15) is 13.2 Å². The van der Waals surface area contributed by atoms with Crippen LogP contribution in [0.1, 0.15) is 5.56 Å². The maximum absolute atomic E-state index is 12.8. The second-order valence-electron chi connectivity index (χ2n) is 5.15. The Hall–Kier alpha value is -2.76. The van der Waals surface area contributed by atoms with Gasteiger partial charge in [-0.25, -0.2) is 4.68 Å². The Balaban J connectivity index is 2.15. The first-order chi connectivity index (χ1) is 10.9. The highest BCUT2D eigenvalue weighted by Gasteiger charge is 2.30. The van der Waals surface area contributed by atoms with E-state index in [4.69, 9.17) is 0 Å². The molecule has 0 aliphatic carbocycles. The average molecular weight is 318 g/mol. The molecule has 0 N–H and O–H groups in total. The zero-order valence-corrected chi connectivity index (χ0v) is 12.2. The van der Waals surface area contributed by atoms with Gasteiger partial charge in [0, 0.05) is 13.2 Å². The van der Waals surface area contributed by atoms with Crippen molar-refractivity contribution in [1.29, 1.82) is 0 Å². The average Bonchev–Trinajstić information content (AvgIpc) is 2.82. The molecule has 23 heavy (non-hydrogen) atoms. The molecule has 3 nitrogen and oxygen atoms in total. The number of benzene rings is 2. The molecule has 3 aromatic rings. The SMILES string of the molecule is Cn1cc(-c2cccc(C(F)(F)F)c2)c(=O)n1-c1ccccc1. The number of para-hydroxylation sites is 1. The van der Waals surface area contributed by atoms with Crippen LogP contribution in [-0.4, -0.2) is 9.36 Å². The number of hydrogen-bond acceptors (Lipinski definition) is 1. The van der Waals surface area contributed by atoms with Crippen LogP contribution in [0.2, 0.25) is 0 Å². The van der Waals surface area contributed by atoms with Crippen molar-refractivity contribution in [2.45, 2.75) is 6.18 Å². The fourth-order valence-electron chi connectivity index (χ4n) is 2.49. The summed E-state index contributed by atoms with van der Waals surface area (Å²) in [5.41, 5.74) is -0.0154. The van der Waals surface area contributed by atoms with Gasteiger partial charge in [-0.05, 0) is 29.8 Å². The monoisotopic (exact) mass is 318 g/mol. The van der Waals surface area contributed by atoms with Gasteiger partial charge in [0.15, 0.2) is 0 Å². The molecule has 0 bridgehead atoms. The van der Waals surface area contributed by atoms with Gasteiger partial charge < -0.3 is 0 Å². The predicted molar refractivity (Wildman–Crippen MR) is 81.4 cm³/mol. The predicted octanol–water partition coefficient (Wildman–Crippen LogP) is 3.86. The number of aromatic nitrogens is 2. The van der Waals surface area contributed by atoms with Crippen molar-refractivity contribution in [1.82, 2.24) is 9.36 Å². The van der Waals surface area contributed by atoms with Crippen molar-refractivity contribution < 1.29 is 13.2 Å². The molecule has 118 valence electrons. The number of halogens is 3. The van der Waals surface area contributed by atoms with E-state index in [1.165, 1.54) is 23.0 Å². The van der Waals surface area contributed by atoms with Gasteiger partial charge in [0.2, 0.25) is 0 Å². The maximum Gasteiger partial charge on any atom is 0.416 e. The lowest BCUT2D eigenvalue weighted by atomic mass is 10.1. The molecule has 0 saturated carbocycles. The summed E-state index contributed by atoms with van der Waals surface area (Å²) >= 11 is 0. The maximum atomic E-state index is 12.8. The highest BCUT2D eigenvalue weighted by atomic mass is 19.4. The van der Waals surface area contributed by atoms with Gasteiger partial charge in [0.25, 0.3) is 5.56 Å². The first-order valence-corrected chi connectivity index (χ1v) is 6.89. The summed E-state index contributed by atoms with van der Waals surface area (Å²) in [6, 6.07) is 13.7. The topological polar surface area (TPSA) is 26.9 Å². The highest BCUT2D eigenvalue weighted by Crippen LogP contribution is 2.31. The normalized spacial score (nSPS) is 11.7. The lowest BCUT2D eigenvalue weighted by molar-refractivity contribution is -0.137. The second kappa shape index (κ2) is 5.46. The molecule has 0 atom stereocenters. The summed E-state index contributed by atoms with van der Waals surface area (Å²) in [5, 5.41) is 0. The van der Waals surface area contributed by atoms with Gasteiger partial charge in [0.05, 0.1) is 16.8 Å². The van der Waals surface area contributed by atoms with Crippen LogP contribution in [0.3, 0.4) is 0 Å². The van der Waals surface area contributed by atoms with E-state index in [9.17, 15) is 18.0 Å². The summed E-state index contributed by atoms with van der Waals surface area (Å²) in [7, 11) is 1.67. The van der Waals surface area contributed by atoms with E-state index in [-0.39, 0.29) is 16.7 Å². The Morgan fingerprint density at radius 1 is 0.957 bits per heavy atom.